The van der Waals surface area contributed by atoms with Crippen molar-refractivity contribution in [3.05, 3.63) is 60.8 Å². The Morgan fingerprint density at radius 2 is 0.932 bits per heavy atom. The number of aliphatic hydroxyl groups excluding tert-OH is 2. The Morgan fingerprint density at radius 1 is 0.508 bits per heavy atom. The maximum atomic E-state index is 13.2. The molecule has 0 radical (unpaired) electrons. The molecule has 0 fully saturated rings. The van der Waals surface area contributed by atoms with Gasteiger partial charge in [-0.05, 0) is 83.5 Å². The van der Waals surface area contributed by atoms with Crippen molar-refractivity contribution in [2.24, 2.45) is 0 Å². The van der Waals surface area contributed by atoms with Gasteiger partial charge in [0.1, 0.15) is 6.10 Å². The van der Waals surface area contributed by atoms with Crippen LogP contribution in [0.4, 0.5) is 0 Å². The Labute approximate surface area is 365 Å². The van der Waals surface area contributed by atoms with Crippen LogP contribution in [0.3, 0.4) is 0 Å². The molecule has 0 aromatic heterocycles. The number of rotatable bonds is 44. The molecule has 0 heterocycles. The lowest BCUT2D eigenvalue weighted by atomic mass is 10.0. The van der Waals surface area contributed by atoms with E-state index >= 15 is 0 Å². The van der Waals surface area contributed by atoms with Gasteiger partial charge in [-0.3, -0.25) is 9.59 Å². The Kier molecular flexibility index (Phi) is 44.7. The van der Waals surface area contributed by atoms with Crippen LogP contribution in [0.25, 0.3) is 0 Å². The Hall–Kier alpha value is -2.44. The van der Waals surface area contributed by atoms with Crippen LogP contribution < -0.4 is 5.32 Å². The summed E-state index contributed by atoms with van der Waals surface area (Å²) in [5.74, 6) is -0.533. The minimum Gasteiger partial charge on any atom is -0.462 e. The average molecular weight is 826 g/mol. The van der Waals surface area contributed by atoms with Crippen LogP contribution in [0.2, 0.25) is 0 Å². The molecule has 1 amide bonds. The predicted molar refractivity (Wildman–Crippen MR) is 255 cm³/mol. The number of allylic oxidation sites excluding steroid dienone is 10. The largest absolute Gasteiger partial charge is 0.462 e. The number of aliphatic hydroxyl groups is 2. The van der Waals surface area contributed by atoms with Crippen LogP contribution in [0, 0.1) is 0 Å². The van der Waals surface area contributed by atoms with Crippen LogP contribution in [-0.4, -0.2) is 46.9 Å². The normalized spacial score (nSPS) is 13.8. The van der Waals surface area contributed by atoms with Gasteiger partial charge in [-0.15, -0.1) is 0 Å². The van der Waals surface area contributed by atoms with E-state index in [9.17, 15) is 19.8 Å². The number of hydrogen-bond donors (Lipinski definition) is 3. The van der Waals surface area contributed by atoms with E-state index in [1.807, 2.05) is 0 Å². The molecule has 0 aliphatic rings. The molecule has 59 heavy (non-hydrogen) atoms. The number of unbranched alkanes of at least 4 members (excludes halogenated alkanes) is 22. The molecule has 0 aromatic carbocycles. The SMILES string of the molecule is CC/C=C/C/C=C/C/C=C/C/C=C/CCCC(CC(=O)NC(CO)C(O)CCCCCCCCCCCCC)OC(=O)CCCCCCCCC/C=C\CCCCCC. The molecule has 0 saturated heterocycles. The zero-order valence-electron chi connectivity index (χ0n) is 38.9. The van der Waals surface area contributed by atoms with Crippen LogP contribution in [0.5, 0.6) is 0 Å². The summed E-state index contributed by atoms with van der Waals surface area (Å²) in [5, 5.41) is 23.7. The van der Waals surface area contributed by atoms with E-state index in [1.54, 1.807) is 0 Å². The summed E-state index contributed by atoms with van der Waals surface area (Å²) in [4.78, 5) is 26.1. The van der Waals surface area contributed by atoms with E-state index in [1.165, 1.54) is 116 Å². The molecule has 0 rings (SSSR count). The molecule has 0 spiro atoms. The molecular weight excluding hydrogens is 731 g/mol. The quantitative estimate of drug-likeness (QED) is 0.0323. The fraction of sp³-hybridized carbons (Fsp3) is 0.774. The fourth-order valence-corrected chi connectivity index (χ4v) is 7.30. The van der Waals surface area contributed by atoms with Crippen LogP contribution in [0.1, 0.15) is 239 Å². The molecule has 3 atom stereocenters. The van der Waals surface area contributed by atoms with Crippen LogP contribution >= 0.6 is 0 Å². The number of amides is 1. The molecule has 0 saturated carbocycles. The summed E-state index contributed by atoms with van der Waals surface area (Å²) in [6.07, 6.45) is 57.1. The highest BCUT2D eigenvalue weighted by Gasteiger charge is 2.24. The van der Waals surface area contributed by atoms with E-state index in [2.05, 4.69) is 86.8 Å². The molecule has 3 N–H and O–H groups in total. The van der Waals surface area contributed by atoms with Crippen molar-refractivity contribution in [1.82, 2.24) is 5.32 Å². The van der Waals surface area contributed by atoms with E-state index < -0.39 is 18.2 Å². The van der Waals surface area contributed by atoms with Gasteiger partial charge in [0, 0.05) is 6.42 Å². The maximum Gasteiger partial charge on any atom is 0.306 e. The molecule has 342 valence electrons. The van der Waals surface area contributed by atoms with Gasteiger partial charge >= 0.3 is 5.97 Å². The highest BCUT2D eigenvalue weighted by molar-refractivity contribution is 5.77. The number of esters is 1. The van der Waals surface area contributed by atoms with Crippen molar-refractivity contribution >= 4 is 11.9 Å². The van der Waals surface area contributed by atoms with Gasteiger partial charge in [0.25, 0.3) is 0 Å². The lowest BCUT2D eigenvalue weighted by Crippen LogP contribution is -2.46. The molecule has 0 aromatic rings. The number of ether oxygens (including phenoxy) is 1. The Morgan fingerprint density at radius 3 is 1.46 bits per heavy atom. The minimum atomic E-state index is -0.802. The zero-order valence-corrected chi connectivity index (χ0v) is 38.9. The third-order valence-corrected chi connectivity index (χ3v) is 11.1. The summed E-state index contributed by atoms with van der Waals surface area (Å²) in [5.41, 5.74) is 0. The third kappa shape index (κ3) is 42.1. The number of hydrogen-bond acceptors (Lipinski definition) is 5. The average Bonchev–Trinajstić information content (AvgIpc) is 3.23. The van der Waals surface area contributed by atoms with Crippen LogP contribution in [-0.2, 0) is 14.3 Å². The van der Waals surface area contributed by atoms with Crippen LogP contribution in [0.15, 0.2) is 60.8 Å². The standard InChI is InChI=1S/C53H95NO5/c1-4-7-10-13-16-19-22-24-26-28-31-34-37-40-43-46-53(58)59-49(44-41-38-35-32-30-27-25-23-20-17-14-11-8-5-2)47-52(57)54-50(48-55)51(56)45-42-39-36-33-29-21-18-15-12-9-6-3/h8,11,17,19-20,22,25,27,32,35,49-51,55-56H,4-7,9-10,12-16,18,21,23-24,26,28-31,33-34,36-48H2,1-3H3,(H,54,57)/b11-8+,20-17+,22-19-,27-25+,35-32+. The second-order valence-corrected chi connectivity index (χ2v) is 16.8. The number of nitrogens with one attached hydrogen (secondary N) is 1. The zero-order chi connectivity index (χ0) is 43.1. The molecule has 0 bridgehead atoms. The lowest BCUT2D eigenvalue weighted by molar-refractivity contribution is -0.151. The molecule has 0 aliphatic heterocycles. The van der Waals surface area contributed by atoms with E-state index in [0.717, 1.165) is 77.0 Å². The van der Waals surface area contributed by atoms with E-state index in [-0.39, 0.29) is 24.9 Å². The predicted octanol–water partition coefficient (Wildman–Crippen LogP) is 14.8. The topological polar surface area (TPSA) is 95.9 Å². The summed E-state index contributed by atoms with van der Waals surface area (Å²) in [6.45, 7) is 6.33. The smallest absolute Gasteiger partial charge is 0.306 e. The van der Waals surface area contributed by atoms with Gasteiger partial charge < -0.3 is 20.3 Å². The third-order valence-electron chi connectivity index (χ3n) is 11.1. The van der Waals surface area contributed by atoms with E-state index in [4.69, 9.17) is 4.74 Å². The number of carbonyl (C=O) groups excluding carboxylic acids is 2. The van der Waals surface area contributed by atoms with Gasteiger partial charge in [0.15, 0.2) is 0 Å². The van der Waals surface area contributed by atoms with Crippen molar-refractivity contribution in [2.75, 3.05) is 6.61 Å². The first-order chi connectivity index (χ1) is 29.0. The second-order valence-electron chi connectivity index (χ2n) is 16.8. The van der Waals surface area contributed by atoms with Crippen molar-refractivity contribution in [1.29, 1.82) is 0 Å². The highest BCUT2D eigenvalue weighted by Crippen LogP contribution is 2.17. The summed E-state index contributed by atoms with van der Waals surface area (Å²) < 4.78 is 5.90. The van der Waals surface area contributed by atoms with Crippen molar-refractivity contribution in [3.8, 4) is 0 Å². The Bertz CT molecular complexity index is 1060. The maximum absolute atomic E-state index is 13.2. The highest BCUT2D eigenvalue weighted by atomic mass is 16.5. The molecule has 6 heteroatoms. The van der Waals surface area contributed by atoms with E-state index in [0.29, 0.717) is 19.3 Å². The lowest BCUT2D eigenvalue weighted by Gasteiger charge is -2.24. The van der Waals surface area contributed by atoms with Gasteiger partial charge in [-0.1, -0.05) is 204 Å². The number of carbonyl (C=O) groups is 2. The van der Waals surface area contributed by atoms with Gasteiger partial charge in [0.05, 0.1) is 25.2 Å². The van der Waals surface area contributed by atoms with Crippen molar-refractivity contribution in [2.45, 2.75) is 257 Å². The van der Waals surface area contributed by atoms with Gasteiger partial charge in [-0.2, -0.15) is 0 Å². The first kappa shape index (κ1) is 56.6. The molecule has 6 nitrogen and oxygen atoms in total. The summed E-state index contributed by atoms with van der Waals surface area (Å²) >= 11 is 0. The fourth-order valence-electron chi connectivity index (χ4n) is 7.30. The van der Waals surface area contributed by atoms with Gasteiger partial charge in [-0.25, -0.2) is 0 Å². The van der Waals surface area contributed by atoms with Crippen molar-refractivity contribution < 1.29 is 24.5 Å². The minimum absolute atomic E-state index is 0.0374. The first-order valence-electron chi connectivity index (χ1n) is 25.0. The molecule has 0 aliphatic carbocycles. The molecule has 3 unspecified atom stereocenters. The first-order valence-corrected chi connectivity index (χ1v) is 25.0. The van der Waals surface area contributed by atoms with Crippen molar-refractivity contribution in [3.63, 3.8) is 0 Å². The summed E-state index contributed by atoms with van der Waals surface area (Å²) in [6, 6.07) is -0.719. The second kappa shape index (κ2) is 46.6. The Balaban J connectivity index is 4.68. The molecular formula is C53H95NO5. The van der Waals surface area contributed by atoms with Gasteiger partial charge in [0.2, 0.25) is 5.91 Å². The monoisotopic (exact) mass is 826 g/mol. The summed E-state index contributed by atoms with van der Waals surface area (Å²) in [7, 11) is 0.